The van der Waals surface area contributed by atoms with E-state index in [1.165, 1.54) is 5.56 Å². The number of hydrogen-bond donors (Lipinski definition) is 1. The molecule has 0 radical (unpaired) electrons. The van der Waals surface area contributed by atoms with E-state index in [-0.39, 0.29) is 12.0 Å². The molecule has 1 aliphatic rings. The van der Waals surface area contributed by atoms with Crippen molar-refractivity contribution in [3.63, 3.8) is 0 Å². The average Bonchev–Trinajstić information content (AvgIpc) is 2.87. The summed E-state index contributed by atoms with van der Waals surface area (Å²) in [5, 5.41) is 3.69. The SMILES string of the molecule is CCOC(=O)C1CSC(CCc2ccccc2)N1. The second-order valence-electron chi connectivity index (χ2n) is 4.32. The molecule has 0 bridgehead atoms. The van der Waals surface area contributed by atoms with Gasteiger partial charge in [0.25, 0.3) is 0 Å². The first-order valence-corrected chi connectivity index (χ1v) is 7.42. The molecule has 0 aliphatic carbocycles. The highest BCUT2D eigenvalue weighted by atomic mass is 32.2. The number of thioether (sulfide) groups is 1. The summed E-state index contributed by atoms with van der Waals surface area (Å²) in [5.74, 6) is 0.699. The van der Waals surface area contributed by atoms with E-state index >= 15 is 0 Å². The number of carbonyl (C=O) groups excluding carboxylic acids is 1. The molecule has 1 aromatic rings. The van der Waals surface area contributed by atoms with Crippen molar-refractivity contribution in [3.05, 3.63) is 35.9 Å². The zero-order chi connectivity index (χ0) is 12.8. The molecule has 98 valence electrons. The van der Waals surface area contributed by atoms with Crippen LogP contribution in [0.5, 0.6) is 0 Å². The number of ether oxygens (including phenoxy) is 1. The van der Waals surface area contributed by atoms with Gasteiger partial charge in [0.1, 0.15) is 6.04 Å². The van der Waals surface area contributed by atoms with Crippen LogP contribution < -0.4 is 5.32 Å². The van der Waals surface area contributed by atoms with Crippen LogP contribution in [0.2, 0.25) is 0 Å². The van der Waals surface area contributed by atoms with Crippen LogP contribution in [0.1, 0.15) is 18.9 Å². The quantitative estimate of drug-likeness (QED) is 0.829. The van der Waals surface area contributed by atoms with Crippen LogP contribution in [-0.2, 0) is 16.0 Å². The van der Waals surface area contributed by atoms with Gasteiger partial charge in [0.15, 0.2) is 0 Å². The van der Waals surface area contributed by atoms with Crippen molar-refractivity contribution < 1.29 is 9.53 Å². The Balaban J connectivity index is 1.74. The molecule has 3 nitrogen and oxygen atoms in total. The summed E-state index contributed by atoms with van der Waals surface area (Å²) < 4.78 is 5.02. The van der Waals surface area contributed by atoms with Crippen LogP contribution >= 0.6 is 11.8 Å². The van der Waals surface area contributed by atoms with Crippen molar-refractivity contribution in [3.8, 4) is 0 Å². The lowest BCUT2D eigenvalue weighted by Gasteiger charge is -2.12. The summed E-state index contributed by atoms with van der Waals surface area (Å²) in [6.07, 6.45) is 2.09. The van der Waals surface area contributed by atoms with Gasteiger partial charge in [0.05, 0.1) is 12.0 Å². The fourth-order valence-electron chi connectivity index (χ4n) is 2.02. The molecule has 2 atom stereocenters. The molecule has 0 saturated carbocycles. The Labute approximate surface area is 112 Å². The van der Waals surface area contributed by atoms with Gasteiger partial charge in [-0.1, -0.05) is 30.3 Å². The Morgan fingerprint density at radius 3 is 2.94 bits per heavy atom. The van der Waals surface area contributed by atoms with E-state index in [4.69, 9.17) is 4.74 Å². The Bertz CT molecular complexity index is 383. The average molecular weight is 265 g/mol. The molecule has 2 unspecified atom stereocenters. The van der Waals surface area contributed by atoms with Crippen LogP contribution in [-0.4, -0.2) is 29.7 Å². The van der Waals surface area contributed by atoms with Gasteiger partial charge in [-0.3, -0.25) is 10.1 Å². The number of hydrogen-bond acceptors (Lipinski definition) is 4. The van der Waals surface area contributed by atoms with E-state index in [0.29, 0.717) is 12.0 Å². The summed E-state index contributed by atoms with van der Waals surface area (Å²) in [5.41, 5.74) is 1.35. The minimum absolute atomic E-state index is 0.118. The molecule has 0 spiro atoms. The summed E-state index contributed by atoms with van der Waals surface area (Å²) in [6.45, 7) is 2.29. The van der Waals surface area contributed by atoms with Gasteiger partial charge in [0, 0.05) is 5.75 Å². The highest BCUT2D eigenvalue weighted by Crippen LogP contribution is 2.23. The molecule has 1 aliphatic heterocycles. The molecule has 4 heteroatoms. The number of aryl methyl sites for hydroxylation is 1. The zero-order valence-corrected chi connectivity index (χ0v) is 11.4. The Kier molecular flexibility index (Phi) is 5.08. The third-order valence-electron chi connectivity index (χ3n) is 2.96. The molecule has 2 rings (SSSR count). The van der Waals surface area contributed by atoms with Crippen LogP contribution in [0.25, 0.3) is 0 Å². The van der Waals surface area contributed by atoms with Gasteiger partial charge in [-0.2, -0.15) is 0 Å². The first-order valence-electron chi connectivity index (χ1n) is 6.38. The van der Waals surface area contributed by atoms with Crippen molar-refractivity contribution >= 4 is 17.7 Å². The predicted molar refractivity (Wildman–Crippen MR) is 74.6 cm³/mol. The van der Waals surface area contributed by atoms with Crippen molar-refractivity contribution in [1.82, 2.24) is 5.32 Å². The summed E-state index contributed by atoms with van der Waals surface area (Å²) in [6, 6.07) is 10.3. The number of esters is 1. The van der Waals surface area contributed by atoms with Gasteiger partial charge in [-0.15, -0.1) is 11.8 Å². The predicted octanol–water partition coefficient (Wildman–Crippen LogP) is 2.21. The van der Waals surface area contributed by atoms with Crippen molar-refractivity contribution in [1.29, 1.82) is 0 Å². The molecule has 1 N–H and O–H groups in total. The van der Waals surface area contributed by atoms with Crippen molar-refractivity contribution in [2.45, 2.75) is 31.2 Å². The minimum atomic E-state index is -0.129. The molecule has 0 amide bonds. The fraction of sp³-hybridized carbons (Fsp3) is 0.500. The molecule has 18 heavy (non-hydrogen) atoms. The Morgan fingerprint density at radius 2 is 2.22 bits per heavy atom. The number of benzene rings is 1. The summed E-state index contributed by atoms with van der Waals surface area (Å²) in [4.78, 5) is 11.6. The first-order chi connectivity index (χ1) is 8.79. The van der Waals surface area contributed by atoms with Gasteiger partial charge in [0.2, 0.25) is 0 Å². The highest BCUT2D eigenvalue weighted by Gasteiger charge is 2.30. The molecule has 1 fully saturated rings. The topological polar surface area (TPSA) is 38.3 Å². The number of carbonyl (C=O) groups is 1. The van der Waals surface area contributed by atoms with Gasteiger partial charge >= 0.3 is 5.97 Å². The minimum Gasteiger partial charge on any atom is -0.465 e. The lowest BCUT2D eigenvalue weighted by atomic mass is 10.1. The van der Waals surface area contributed by atoms with E-state index in [0.717, 1.165) is 18.6 Å². The molecule has 1 heterocycles. The van der Waals surface area contributed by atoms with Crippen LogP contribution in [0.15, 0.2) is 30.3 Å². The van der Waals surface area contributed by atoms with E-state index in [1.807, 2.05) is 24.8 Å². The zero-order valence-electron chi connectivity index (χ0n) is 10.6. The van der Waals surface area contributed by atoms with Gasteiger partial charge < -0.3 is 4.74 Å². The van der Waals surface area contributed by atoms with Gasteiger partial charge in [-0.05, 0) is 25.3 Å². The molecule has 1 aromatic carbocycles. The number of nitrogens with one attached hydrogen (secondary N) is 1. The van der Waals surface area contributed by atoms with E-state index < -0.39 is 0 Å². The highest BCUT2D eigenvalue weighted by molar-refractivity contribution is 8.00. The van der Waals surface area contributed by atoms with Gasteiger partial charge in [-0.25, -0.2) is 0 Å². The van der Waals surface area contributed by atoms with Crippen LogP contribution in [0, 0.1) is 0 Å². The monoisotopic (exact) mass is 265 g/mol. The Morgan fingerprint density at radius 1 is 1.44 bits per heavy atom. The molecular weight excluding hydrogens is 246 g/mol. The van der Waals surface area contributed by atoms with Crippen molar-refractivity contribution in [2.24, 2.45) is 0 Å². The maximum absolute atomic E-state index is 11.6. The van der Waals surface area contributed by atoms with Crippen LogP contribution in [0.4, 0.5) is 0 Å². The third-order valence-corrected chi connectivity index (χ3v) is 4.26. The standard InChI is InChI=1S/C14H19NO2S/c1-2-17-14(16)12-10-18-13(15-12)9-8-11-6-4-3-5-7-11/h3-7,12-13,15H,2,8-10H2,1H3. The second kappa shape index (κ2) is 6.81. The maximum atomic E-state index is 11.6. The smallest absolute Gasteiger partial charge is 0.324 e. The lowest BCUT2D eigenvalue weighted by Crippen LogP contribution is -2.38. The second-order valence-corrected chi connectivity index (χ2v) is 5.55. The third kappa shape index (κ3) is 3.75. The molecule has 0 aromatic heterocycles. The summed E-state index contributed by atoms with van der Waals surface area (Å²) >= 11 is 1.81. The maximum Gasteiger partial charge on any atom is 0.324 e. The Hall–Kier alpha value is -1.00. The lowest BCUT2D eigenvalue weighted by molar-refractivity contribution is -0.144. The fourth-order valence-corrected chi connectivity index (χ4v) is 3.22. The van der Waals surface area contributed by atoms with E-state index in [9.17, 15) is 4.79 Å². The normalized spacial score (nSPS) is 22.9. The van der Waals surface area contributed by atoms with Crippen molar-refractivity contribution in [2.75, 3.05) is 12.4 Å². The van der Waals surface area contributed by atoms with Crippen LogP contribution in [0.3, 0.4) is 0 Å². The molecular formula is C14H19NO2S. The molecule has 1 saturated heterocycles. The summed E-state index contributed by atoms with van der Waals surface area (Å²) in [7, 11) is 0. The largest absolute Gasteiger partial charge is 0.465 e. The first kappa shape index (κ1) is 13.4. The van der Waals surface area contributed by atoms with E-state index in [2.05, 4.69) is 29.6 Å². The van der Waals surface area contributed by atoms with E-state index in [1.54, 1.807) is 0 Å². The number of rotatable bonds is 5.